The summed E-state index contributed by atoms with van der Waals surface area (Å²) >= 11 is 0. The number of para-hydroxylation sites is 1. The Morgan fingerprint density at radius 2 is 1.72 bits per heavy atom. The molecule has 0 saturated carbocycles. The molecule has 0 spiro atoms. The molecule has 0 unspecified atom stereocenters. The molecule has 0 aliphatic heterocycles. The molecule has 0 aliphatic carbocycles. The highest BCUT2D eigenvalue weighted by molar-refractivity contribution is 7.89. The summed E-state index contributed by atoms with van der Waals surface area (Å²) in [5.41, 5.74) is 3.33. The van der Waals surface area contributed by atoms with Crippen molar-refractivity contribution in [1.29, 1.82) is 0 Å². The van der Waals surface area contributed by atoms with Gasteiger partial charge in [-0.15, -0.1) is 0 Å². The number of nitrogens with one attached hydrogen (secondary N) is 2. The number of sulfonamides is 1. The van der Waals surface area contributed by atoms with E-state index in [2.05, 4.69) is 15.1 Å². The number of benzene rings is 2. The summed E-state index contributed by atoms with van der Waals surface area (Å²) in [5, 5.41) is 7.41. The first-order chi connectivity index (χ1) is 15.3. The van der Waals surface area contributed by atoms with Crippen molar-refractivity contribution >= 4 is 21.6 Å². The molecule has 0 bridgehead atoms. The Hall–Kier alpha value is -3.69. The Morgan fingerprint density at radius 1 is 1.00 bits per heavy atom. The van der Waals surface area contributed by atoms with E-state index in [0.717, 1.165) is 11.4 Å². The van der Waals surface area contributed by atoms with Crippen LogP contribution in [0.25, 0.3) is 5.69 Å². The van der Waals surface area contributed by atoms with Crippen molar-refractivity contribution in [2.45, 2.75) is 25.3 Å². The lowest BCUT2D eigenvalue weighted by atomic mass is 10.2. The molecule has 9 heteroatoms. The van der Waals surface area contributed by atoms with E-state index in [1.807, 2.05) is 44.2 Å². The zero-order valence-corrected chi connectivity index (χ0v) is 18.4. The second-order valence-corrected chi connectivity index (χ2v) is 8.94. The number of carbonyl (C=O) groups excluding carboxylic acids is 1. The first-order valence-electron chi connectivity index (χ1n) is 9.90. The van der Waals surface area contributed by atoms with Gasteiger partial charge in [0.1, 0.15) is 5.76 Å². The van der Waals surface area contributed by atoms with E-state index in [1.165, 1.54) is 30.5 Å². The first-order valence-corrected chi connectivity index (χ1v) is 11.4. The topological polar surface area (TPSA) is 106 Å². The summed E-state index contributed by atoms with van der Waals surface area (Å²) < 4.78 is 34.3. The lowest BCUT2D eigenvalue weighted by Gasteiger charge is -2.09. The van der Waals surface area contributed by atoms with E-state index < -0.39 is 10.0 Å². The van der Waals surface area contributed by atoms with E-state index in [9.17, 15) is 13.2 Å². The van der Waals surface area contributed by atoms with Crippen LogP contribution in [0.1, 0.15) is 27.5 Å². The zero-order chi connectivity index (χ0) is 22.7. The molecule has 2 heterocycles. The summed E-state index contributed by atoms with van der Waals surface area (Å²) in [6, 6.07) is 18.7. The van der Waals surface area contributed by atoms with Crippen LogP contribution >= 0.6 is 0 Å². The van der Waals surface area contributed by atoms with Gasteiger partial charge in [0, 0.05) is 5.56 Å². The number of rotatable bonds is 7. The molecule has 2 aromatic carbocycles. The Labute approximate surface area is 185 Å². The van der Waals surface area contributed by atoms with Crippen LogP contribution in [0.2, 0.25) is 0 Å². The molecule has 8 nitrogen and oxygen atoms in total. The molecule has 2 N–H and O–H groups in total. The standard InChI is InChI=1S/C23H22N4O4S/c1-16-22(17(2)27(26-16)19-7-4-3-5-8-19)25-23(28)18-10-12-21(13-11-18)32(29,30)24-15-20-9-6-14-31-20/h3-14,24H,15H2,1-2H3,(H,25,28). The van der Waals surface area contributed by atoms with Crippen molar-refractivity contribution in [3.63, 3.8) is 0 Å². The number of nitrogens with zero attached hydrogens (tertiary/aromatic N) is 2. The minimum atomic E-state index is -3.73. The molecular weight excluding hydrogens is 428 g/mol. The first kappa shape index (κ1) is 21.5. The van der Waals surface area contributed by atoms with Gasteiger partial charge in [-0.1, -0.05) is 18.2 Å². The average Bonchev–Trinajstić information content (AvgIpc) is 3.42. The van der Waals surface area contributed by atoms with E-state index >= 15 is 0 Å². The molecule has 4 rings (SSSR count). The van der Waals surface area contributed by atoms with Crippen LogP contribution in [0, 0.1) is 13.8 Å². The van der Waals surface area contributed by atoms with Crippen molar-refractivity contribution in [3.8, 4) is 5.69 Å². The van der Waals surface area contributed by atoms with E-state index in [-0.39, 0.29) is 17.3 Å². The van der Waals surface area contributed by atoms with Crippen LogP contribution in [0.5, 0.6) is 0 Å². The van der Waals surface area contributed by atoms with Crippen LogP contribution < -0.4 is 10.0 Å². The minimum absolute atomic E-state index is 0.0432. The predicted octanol–water partition coefficient (Wildman–Crippen LogP) is 3.81. The van der Waals surface area contributed by atoms with Gasteiger partial charge in [0.2, 0.25) is 10.0 Å². The fourth-order valence-electron chi connectivity index (χ4n) is 3.28. The molecule has 1 amide bonds. The number of aromatic nitrogens is 2. The summed E-state index contributed by atoms with van der Waals surface area (Å²) in [4.78, 5) is 12.8. The number of aryl methyl sites for hydroxylation is 1. The zero-order valence-electron chi connectivity index (χ0n) is 17.6. The molecule has 0 fully saturated rings. The molecule has 2 aromatic heterocycles. The maximum Gasteiger partial charge on any atom is 0.255 e. The smallest absolute Gasteiger partial charge is 0.255 e. The number of furan rings is 1. The molecule has 0 saturated heterocycles. The van der Waals surface area contributed by atoms with Crippen LogP contribution in [-0.2, 0) is 16.6 Å². The largest absolute Gasteiger partial charge is 0.468 e. The number of hydrogen-bond donors (Lipinski definition) is 2. The fourth-order valence-corrected chi connectivity index (χ4v) is 4.27. The number of carbonyl (C=O) groups is 1. The van der Waals surface area contributed by atoms with Crippen molar-refractivity contribution in [2.24, 2.45) is 0 Å². The van der Waals surface area contributed by atoms with Crippen LogP contribution in [0.3, 0.4) is 0 Å². The quantitative estimate of drug-likeness (QED) is 0.445. The molecule has 164 valence electrons. The van der Waals surface area contributed by atoms with Crippen molar-refractivity contribution in [1.82, 2.24) is 14.5 Å². The molecule has 0 aliphatic rings. The van der Waals surface area contributed by atoms with Crippen molar-refractivity contribution in [3.05, 3.63) is 95.7 Å². The van der Waals surface area contributed by atoms with Gasteiger partial charge >= 0.3 is 0 Å². The second kappa shape index (κ2) is 8.81. The van der Waals surface area contributed by atoms with Crippen molar-refractivity contribution < 1.29 is 17.6 Å². The third-order valence-electron chi connectivity index (χ3n) is 4.97. The molecule has 32 heavy (non-hydrogen) atoms. The van der Waals surface area contributed by atoms with Gasteiger partial charge in [-0.2, -0.15) is 5.10 Å². The monoisotopic (exact) mass is 450 g/mol. The highest BCUT2D eigenvalue weighted by Crippen LogP contribution is 2.23. The number of hydrogen-bond acceptors (Lipinski definition) is 5. The van der Waals surface area contributed by atoms with Gasteiger partial charge in [-0.3, -0.25) is 4.79 Å². The van der Waals surface area contributed by atoms with Gasteiger partial charge in [0.15, 0.2) is 0 Å². The maximum atomic E-state index is 12.8. The van der Waals surface area contributed by atoms with Crippen LogP contribution in [0.4, 0.5) is 5.69 Å². The summed E-state index contributed by atoms with van der Waals surface area (Å²) in [6.45, 7) is 3.74. The van der Waals surface area contributed by atoms with Gasteiger partial charge < -0.3 is 9.73 Å². The molecule has 0 atom stereocenters. The normalized spacial score (nSPS) is 11.4. The molecule has 0 radical (unpaired) electrons. The Kier molecular flexibility index (Phi) is 5.93. The Morgan fingerprint density at radius 3 is 2.38 bits per heavy atom. The summed E-state index contributed by atoms with van der Waals surface area (Å²) in [7, 11) is -3.73. The Bertz CT molecular complexity index is 1330. The average molecular weight is 451 g/mol. The third-order valence-corrected chi connectivity index (χ3v) is 6.39. The lowest BCUT2D eigenvalue weighted by molar-refractivity contribution is 0.102. The van der Waals surface area contributed by atoms with E-state index in [0.29, 0.717) is 22.7 Å². The molecular formula is C23H22N4O4S. The Balaban J connectivity index is 1.48. The summed E-state index contributed by atoms with van der Waals surface area (Å²) in [5.74, 6) is 0.155. The predicted molar refractivity (Wildman–Crippen MR) is 120 cm³/mol. The van der Waals surface area contributed by atoms with E-state index in [4.69, 9.17) is 4.42 Å². The minimum Gasteiger partial charge on any atom is -0.468 e. The SMILES string of the molecule is Cc1nn(-c2ccccc2)c(C)c1NC(=O)c1ccc(S(=O)(=O)NCc2ccco2)cc1. The number of anilines is 1. The van der Waals surface area contributed by atoms with E-state index in [1.54, 1.807) is 16.8 Å². The highest BCUT2D eigenvalue weighted by Gasteiger charge is 2.18. The summed E-state index contributed by atoms with van der Waals surface area (Å²) in [6.07, 6.45) is 1.48. The maximum absolute atomic E-state index is 12.8. The second-order valence-electron chi connectivity index (χ2n) is 7.18. The van der Waals surface area contributed by atoms with Crippen LogP contribution in [-0.4, -0.2) is 24.1 Å². The van der Waals surface area contributed by atoms with Gasteiger partial charge in [-0.25, -0.2) is 17.8 Å². The number of amides is 1. The van der Waals surface area contributed by atoms with Gasteiger partial charge in [0.25, 0.3) is 5.91 Å². The highest BCUT2D eigenvalue weighted by atomic mass is 32.2. The lowest BCUT2D eigenvalue weighted by Crippen LogP contribution is -2.23. The van der Waals surface area contributed by atoms with Gasteiger partial charge in [-0.05, 0) is 62.4 Å². The van der Waals surface area contributed by atoms with Crippen molar-refractivity contribution in [2.75, 3.05) is 5.32 Å². The third kappa shape index (κ3) is 4.48. The fraction of sp³-hybridized carbons (Fsp3) is 0.130. The van der Waals surface area contributed by atoms with Gasteiger partial charge in [0.05, 0.1) is 40.5 Å². The molecule has 4 aromatic rings. The van der Waals surface area contributed by atoms with Crippen LogP contribution in [0.15, 0.2) is 82.3 Å².